The van der Waals surface area contributed by atoms with Gasteiger partial charge in [0.15, 0.2) is 11.8 Å². The summed E-state index contributed by atoms with van der Waals surface area (Å²) in [5.74, 6) is 2.68. The Kier molecular flexibility index (Phi) is 9.39. The van der Waals surface area contributed by atoms with Crippen LogP contribution in [0.1, 0.15) is 60.4 Å². The van der Waals surface area contributed by atoms with E-state index in [-0.39, 0.29) is 24.0 Å². The topological polar surface area (TPSA) is 67.1 Å². The Morgan fingerprint density at radius 2 is 1.76 bits per heavy atom. The summed E-state index contributed by atoms with van der Waals surface area (Å²) in [5, 5.41) is 15.5. The quantitative estimate of drug-likeness (QED) is 0.351. The Labute approximate surface area is 192 Å². The Morgan fingerprint density at radius 1 is 1.07 bits per heavy atom. The largest absolute Gasteiger partial charge is 0.356 e. The molecule has 0 atom stereocenters. The van der Waals surface area contributed by atoms with Crippen molar-refractivity contribution in [2.24, 2.45) is 12.0 Å². The molecule has 2 N–H and O–H groups in total. The molecule has 0 bridgehead atoms. The van der Waals surface area contributed by atoms with Crippen LogP contribution in [0, 0.1) is 20.8 Å². The molecule has 0 radical (unpaired) electrons. The van der Waals surface area contributed by atoms with Crippen LogP contribution in [0.3, 0.4) is 0 Å². The van der Waals surface area contributed by atoms with Gasteiger partial charge in [-0.15, -0.1) is 34.2 Å². The summed E-state index contributed by atoms with van der Waals surface area (Å²) in [6, 6.07) is 7.27. The van der Waals surface area contributed by atoms with E-state index in [2.05, 4.69) is 52.9 Å². The average molecular weight is 510 g/mol. The Balaban J connectivity index is 0.00000300. The second-order valence-corrected chi connectivity index (χ2v) is 8.04. The summed E-state index contributed by atoms with van der Waals surface area (Å²) >= 11 is 0. The second-order valence-electron chi connectivity index (χ2n) is 8.04. The molecule has 3 rings (SSSR count). The van der Waals surface area contributed by atoms with Crippen LogP contribution in [0.2, 0.25) is 0 Å². The van der Waals surface area contributed by atoms with E-state index in [9.17, 15) is 0 Å². The zero-order valence-corrected chi connectivity index (χ0v) is 20.5. The van der Waals surface area contributed by atoms with Crippen LogP contribution >= 0.6 is 24.0 Å². The lowest BCUT2D eigenvalue weighted by Crippen LogP contribution is -2.44. The van der Waals surface area contributed by atoms with Gasteiger partial charge in [-0.2, -0.15) is 0 Å². The minimum Gasteiger partial charge on any atom is -0.356 e. The molecule has 1 aliphatic carbocycles. The van der Waals surface area contributed by atoms with Crippen molar-refractivity contribution in [2.45, 2.75) is 71.9 Å². The van der Waals surface area contributed by atoms with E-state index in [1.165, 1.54) is 48.8 Å². The molecule has 0 spiro atoms. The Bertz CT molecular complexity index is 787. The maximum atomic E-state index is 4.80. The summed E-state index contributed by atoms with van der Waals surface area (Å²) in [4.78, 5) is 4.80. The van der Waals surface area contributed by atoms with Gasteiger partial charge in [-0.1, -0.05) is 48.6 Å². The molecule has 2 aromatic rings. The third-order valence-electron chi connectivity index (χ3n) is 5.49. The number of halogens is 1. The first kappa shape index (κ1) is 23.6. The lowest BCUT2D eigenvalue weighted by atomic mass is 9.96. The van der Waals surface area contributed by atoms with Gasteiger partial charge in [-0.3, -0.25) is 0 Å². The van der Waals surface area contributed by atoms with Crippen molar-refractivity contribution in [2.75, 3.05) is 6.54 Å². The Hall–Kier alpha value is -1.64. The van der Waals surface area contributed by atoms with Gasteiger partial charge in [0.1, 0.15) is 12.4 Å². The number of rotatable bonds is 6. The van der Waals surface area contributed by atoms with Crippen molar-refractivity contribution in [3.8, 4) is 0 Å². The third-order valence-corrected chi connectivity index (χ3v) is 5.49. The molecule has 1 aromatic carbocycles. The van der Waals surface area contributed by atoms with Gasteiger partial charge in [0.2, 0.25) is 0 Å². The number of aryl methyl sites for hydroxylation is 3. The fourth-order valence-electron chi connectivity index (χ4n) is 3.87. The molecule has 1 aliphatic rings. The average Bonchev–Trinajstić information content (AvgIpc) is 2.98. The first-order chi connectivity index (χ1) is 13.5. The summed E-state index contributed by atoms with van der Waals surface area (Å²) in [6.07, 6.45) is 7.38. The van der Waals surface area contributed by atoms with E-state index in [0.717, 1.165) is 30.6 Å². The highest BCUT2D eigenvalue weighted by Crippen LogP contribution is 2.17. The molecule has 29 heavy (non-hydrogen) atoms. The molecule has 1 saturated carbocycles. The van der Waals surface area contributed by atoms with E-state index in [4.69, 9.17) is 4.99 Å². The van der Waals surface area contributed by atoms with Gasteiger partial charge >= 0.3 is 0 Å². The molecule has 1 fully saturated rings. The number of guanidine groups is 1. The third kappa shape index (κ3) is 7.28. The van der Waals surface area contributed by atoms with E-state index < -0.39 is 0 Å². The molecule has 0 aliphatic heterocycles. The van der Waals surface area contributed by atoms with Crippen LogP contribution in [0.15, 0.2) is 23.2 Å². The molecule has 6 nitrogen and oxygen atoms in total. The van der Waals surface area contributed by atoms with Gasteiger partial charge in [-0.05, 0) is 45.6 Å². The van der Waals surface area contributed by atoms with Gasteiger partial charge in [0.05, 0.1) is 0 Å². The van der Waals surface area contributed by atoms with Crippen LogP contribution in [0.5, 0.6) is 0 Å². The highest BCUT2D eigenvalue weighted by molar-refractivity contribution is 14.0. The summed E-state index contributed by atoms with van der Waals surface area (Å²) in [7, 11) is 1.99. The molecule has 0 amide bonds. The smallest absolute Gasteiger partial charge is 0.191 e. The SMILES string of the molecule is Cc1cc(C)cc(CCNC(=NCc2nnc(C)n2C)NC2CCCCC2)c1.I. The van der Waals surface area contributed by atoms with Crippen LogP contribution in [0.25, 0.3) is 0 Å². The molecular formula is C22H35IN6. The maximum absolute atomic E-state index is 4.80. The van der Waals surface area contributed by atoms with Crippen molar-refractivity contribution < 1.29 is 0 Å². The van der Waals surface area contributed by atoms with E-state index in [1.54, 1.807) is 0 Å². The molecular weight excluding hydrogens is 475 g/mol. The summed E-state index contributed by atoms with van der Waals surface area (Å²) in [5.41, 5.74) is 4.01. The highest BCUT2D eigenvalue weighted by Gasteiger charge is 2.15. The number of benzene rings is 1. The summed E-state index contributed by atoms with van der Waals surface area (Å²) in [6.45, 7) is 7.67. The maximum Gasteiger partial charge on any atom is 0.191 e. The van der Waals surface area contributed by atoms with Crippen molar-refractivity contribution in [1.29, 1.82) is 0 Å². The first-order valence-electron chi connectivity index (χ1n) is 10.5. The van der Waals surface area contributed by atoms with Crippen molar-refractivity contribution in [3.05, 3.63) is 46.5 Å². The highest BCUT2D eigenvalue weighted by atomic mass is 127. The molecule has 1 aromatic heterocycles. The van der Waals surface area contributed by atoms with E-state index in [0.29, 0.717) is 12.6 Å². The first-order valence-corrected chi connectivity index (χ1v) is 10.5. The van der Waals surface area contributed by atoms with Gasteiger partial charge in [0, 0.05) is 19.6 Å². The summed E-state index contributed by atoms with van der Waals surface area (Å²) < 4.78 is 2.00. The van der Waals surface area contributed by atoms with Gasteiger partial charge < -0.3 is 15.2 Å². The number of aliphatic imine (C=N–C) groups is 1. The lowest BCUT2D eigenvalue weighted by molar-refractivity contribution is 0.410. The molecule has 7 heteroatoms. The second kappa shape index (κ2) is 11.5. The van der Waals surface area contributed by atoms with Crippen molar-refractivity contribution in [1.82, 2.24) is 25.4 Å². The number of nitrogens with one attached hydrogen (secondary N) is 2. The molecule has 1 heterocycles. The number of aromatic nitrogens is 3. The normalized spacial score (nSPS) is 15.1. The van der Waals surface area contributed by atoms with Crippen LogP contribution < -0.4 is 10.6 Å². The lowest BCUT2D eigenvalue weighted by Gasteiger charge is -2.25. The zero-order valence-electron chi connectivity index (χ0n) is 18.2. The van der Waals surface area contributed by atoms with Crippen molar-refractivity contribution in [3.63, 3.8) is 0 Å². The molecule has 160 valence electrons. The predicted molar refractivity (Wildman–Crippen MR) is 130 cm³/mol. The van der Waals surface area contributed by atoms with Crippen LogP contribution in [-0.2, 0) is 20.0 Å². The fourth-order valence-corrected chi connectivity index (χ4v) is 3.87. The van der Waals surface area contributed by atoms with Crippen LogP contribution in [-0.4, -0.2) is 33.3 Å². The van der Waals surface area contributed by atoms with Gasteiger partial charge in [0.25, 0.3) is 0 Å². The number of hydrogen-bond acceptors (Lipinski definition) is 3. The monoisotopic (exact) mass is 510 g/mol. The minimum absolute atomic E-state index is 0. The standard InChI is InChI=1S/C22H34N6.HI/c1-16-12-17(2)14-19(13-16)10-11-23-22(25-20-8-6-5-7-9-20)24-15-21-27-26-18(3)28(21)4;/h12-14,20H,5-11,15H2,1-4H3,(H2,23,24,25);1H. The minimum atomic E-state index is 0. The van der Waals surface area contributed by atoms with E-state index in [1.807, 2.05) is 18.5 Å². The molecule has 0 unspecified atom stereocenters. The Morgan fingerprint density at radius 3 is 2.38 bits per heavy atom. The fraction of sp³-hybridized carbons (Fsp3) is 0.591. The molecule has 0 saturated heterocycles. The zero-order chi connectivity index (χ0) is 19.9. The van der Waals surface area contributed by atoms with Crippen LogP contribution in [0.4, 0.5) is 0 Å². The number of nitrogens with zero attached hydrogens (tertiary/aromatic N) is 4. The predicted octanol–water partition coefficient (Wildman–Crippen LogP) is 3.97. The van der Waals surface area contributed by atoms with Crippen molar-refractivity contribution >= 4 is 29.9 Å². The number of hydrogen-bond donors (Lipinski definition) is 2. The van der Waals surface area contributed by atoms with Gasteiger partial charge in [-0.25, -0.2) is 4.99 Å². The van der Waals surface area contributed by atoms with E-state index >= 15 is 0 Å².